The van der Waals surface area contributed by atoms with E-state index in [1.54, 1.807) is 30.0 Å². The van der Waals surface area contributed by atoms with Gasteiger partial charge in [0.05, 0.1) is 18.1 Å². The number of ether oxygens (including phenoxy) is 1. The molecule has 1 aromatic carbocycles. The Kier molecular flexibility index (Phi) is 3.80. The van der Waals surface area contributed by atoms with E-state index >= 15 is 0 Å². The Morgan fingerprint density at radius 3 is 2.67 bits per heavy atom. The highest BCUT2D eigenvalue weighted by atomic mass is 35.5. The molecule has 1 saturated carbocycles. The third kappa shape index (κ3) is 2.98. The molecule has 0 aromatic heterocycles. The summed E-state index contributed by atoms with van der Waals surface area (Å²) in [6, 6.07) is 4.88. The highest BCUT2D eigenvalue weighted by molar-refractivity contribution is 6.35. The molecule has 0 radical (unpaired) electrons. The van der Waals surface area contributed by atoms with E-state index in [0.29, 0.717) is 34.8 Å². The van der Waals surface area contributed by atoms with E-state index in [0.717, 1.165) is 12.8 Å². The number of benzene rings is 1. The number of carbonyl (C=O) groups is 1. The summed E-state index contributed by atoms with van der Waals surface area (Å²) in [5, 5.41) is 11.1. The van der Waals surface area contributed by atoms with Crippen LogP contribution in [0.25, 0.3) is 0 Å². The van der Waals surface area contributed by atoms with Crippen molar-refractivity contribution in [2.24, 2.45) is 5.92 Å². The molecule has 3 rings (SSSR count). The van der Waals surface area contributed by atoms with Gasteiger partial charge in [0.1, 0.15) is 11.4 Å². The summed E-state index contributed by atoms with van der Waals surface area (Å²) in [4.78, 5) is 13.9. The van der Waals surface area contributed by atoms with Crippen molar-refractivity contribution in [3.8, 4) is 5.75 Å². The third-order valence-electron chi connectivity index (χ3n) is 4.12. The molecule has 1 aromatic rings. The van der Waals surface area contributed by atoms with Gasteiger partial charge in [-0.3, -0.25) is 4.79 Å². The van der Waals surface area contributed by atoms with E-state index in [1.807, 2.05) is 0 Å². The van der Waals surface area contributed by atoms with E-state index in [2.05, 4.69) is 0 Å². The molecule has 1 saturated heterocycles. The van der Waals surface area contributed by atoms with Gasteiger partial charge < -0.3 is 14.7 Å². The van der Waals surface area contributed by atoms with Gasteiger partial charge in [-0.1, -0.05) is 23.2 Å². The number of hydrogen-bond acceptors (Lipinski definition) is 3. The molecule has 114 valence electrons. The monoisotopic (exact) mass is 329 g/mol. The molecule has 6 heteroatoms. The molecule has 2 aliphatic rings. The predicted molar refractivity (Wildman–Crippen MR) is 80.8 cm³/mol. The molecule has 4 nitrogen and oxygen atoms in total. The molecule has 1 N–H and O–H groups in total. The second-order valence-corrected chi connectivity index (χ2v) is 6.75. The topological polar surface area (TPSA) is 49.8 Å². The SMILES string of the molecule is CC(Oc1ccc(Cl)cc1Cl)C(=O)N1CC(O)(C2CC2)C1. The number of likely N-dealkylation sites (tertiary alicyclic amines) is 1. The van der Waals surface area contributed by atoms with Crippen LogP contribution in [0.2, 0.25) is 10.0 Å². The lowest BCUT2D eigenvalue weighted by Crippen LogP contribution is -2.66. The molecule has 21 heavy (non-hydrogen) atoms. The van der Waals surface area contributed by atoms with Crippen LogP contribution >= 0.6 is 23.2 Å². The molecular weight excluding hydrogens is 313 g/mol. The Morgan fingerprint density at radius 2 is 2.10 bits per heavy atom. The Hall–Kier alpha value is -0.970. The molecule has 1 amide bonds. The van der Waals surface area contributed by atoms with Gasteiger partial charge in [0.2, 0.25) is 0 Å². The minimum Gasteiger partial charge on any atom is -0.479 e. The second kappa shape index (κ2) is 5.34. The molecule has 0 bridgehead atoms. The zero-order valence-electron chi connectivity index (χ0n) is 11.7. The van der Waals surface area contributed by atoms with Crippen LogP contribution in [0.3, 0.4) is 0 Å². The molecule has 2 fully saturated rings. The van der Waals surface area contributed by atoms with Crippen molar-refractivity contribution < 1.29 is 14.6 Å². The molecular formula is C15H17Cl2NO3. The van der Waals surface area contributed by atoms with E-state index in [9.17, 15) is 9.90 Å². The van der Waals surface area contributed by atoms with Crippen LogP contribution in [0, 0.1) is 5.92 Å². The van der Waals surface area contributed by atoms with Crippen molar-refractivity contribution in [3.05, 3.63) is 28.2 Å². The first kappa shape index (κ1) is 14.9. The van der Waals surface area contributed by atoms with Gasteiger partial charge in [-0.2, -0.15) is 0 Å². The minimum absolute atomic E-state index is 0.133. The number of halogens is 2. The second-order valence-electron chi connectivity index (χ2n) is 5.91. The maximum absolute atomic E-state index is 12.3. The van der Waals surface area contributed by atoms with Crippen LogP contribution in [-0.4, -0.2) is 40.7 Å². The average molecular weight is 330 g/mol. The summed E-state index contributed by atoms with van der Waals surface area (Å²) in [5.41, 5.74) is -0.673. The largest absolute Gasteiger partial charge is 0.479 e. The highest BCUT2D eigenvalue weighted by Gasteiger charge is 2.53. The zero-order valence-corrected chi connectivity index (χ0v) is 13.2. The number of hydrogen-bond donors (Lipinski definition) is 1. The smallest absolute Gasteiger partial charge is 0.263 e. The standard InChI is InChI=1S/C15H17Cl2NO3/c1-9(21-13-5-4-11(16)6-12(13)17)14(19)18-7-15(20,8-18)10-2-3-10/h4-6,9-10,20H,2-3,7-8H2,1H3. The van der Waals surface area contributed by atoms with Crippen LogP contribution in [-0.2, 0) is 4.79 Å². The van der Waals surface area contributed by atoms with Gasteiger partial charge in [-0.25, -0.2) is 0 Å². The van der Waals surface area contributed by atoms with Gasteiger partial charge >= 0.3 is 0 Å². The quantitative estimate of drug-likeness (QED) is 0.924. The number of β-amino-alcohol motifs (C(OH)–C–C–N with tert-alkyl or cyclic N) is 1. The molecule has 1 atom stereocenters. The Bertz CT molecular complexity index is 568. The van der Waals surface area contributed by atoms with Crippen LogP contribution < -0.4 is 4.74 Å². The first-order valence-electron chi connectivity index (χ1n) is 7.02. The van der Waals surface area contributed by atoms with Gasteiger partial charge in [0, 0.05) is 5.02 Å². The maximum atomic E-state index is 12.3. The predicted octanol–water partition coefficient (Wildman–Crippen LogP) is 2.74. The summed E-state index contributed by atoms with van der Waals surface area (Å²) < 4.78 is 5.60. The van der Waals surface area contributed by atoms with Crippen LogP contribution in [0.1, 0.15) is 19.8 Å². The van der Waals surface area contributed by atoms with Crippen molar-refractivity contribution in [1.29, 1.82) is 0 Å². The highest BCUT2D eigenvalue weighted by Crippen LogP contribution is 2.44. The first-order valence-corrected chi connectivity index (χ1v) is 7.77. The number of carbonyl (C=O) groups excluding carboxylic acids is 1. The fourth-order valence-corrected chi connectivity index (χ4v) is 3.17. The third-order valence-corrected chi connectivity index (χ3v) is 4.65. The maximum Gasteiger partial charge on any atom is 0.263 e. The van der Waals surface area contributed by atoms with Crippen molar-refractivity contribution in [2.75, 3.05) is 13.1 Å². The number of amides is 1. The lowest BCUT2D eigenvalue weighted by atomic mass is 9.88. The van der Waals surface area contributed by atoms with E-state index in [-0.39, 0.29) is 5.91 Å². The number of aliphatic hydroxyl groups is 1. The van der Waals surface area contributed by atoms with Gasteiger partial charge in [0.15, 0.2) is 6.10 Å². The van der Waals surface area contributed by atoms with Crippen LogP contribution in [0.4, 0.5) is 0 Å². The van der Waals surface area contributed by atoms with Gasteiger partial charge in [0.25, 0.3) is 5.91 Å². The van der Waals surface area contributed by atoms with E-state index in [1.165, 1.54) is 0 Å². The Morgan fingerprint density at radius 1 is 1.43 bits per heavy atom. The fraction of sp³-hybridized carbons (Fsp3) is 0.533. The molecule has 0 spiro atoms. The summed E-state index contributed by atoms with van der Waals surface area (Å²) in [5.74, 6) is 0.662. The molecule has 1 unspecified atom stereocenters. The van der Waals surface area contributed by atoms with E-state index in [4.69, 9.17) is 27.9 Å². The van der Waals surface area contributed by atoms with Crippen molar-refractivity contribution in [2.45, 2.75) is 31.5 Å². The van der Waals surface area contributed by atoms with Gasteiger partial charge in [-0.15, -0.1) is 0 Å². The average Bonchev–Trinajstić information content (AvgIpc) is 3.22. The molecule has 1 heterocycles. The summed E-state index contributed by atoms with van der Waals surface area (Å²) in [6.07, 6.45) is 1.48. The van der Waals surface area contributed by atoms with Crippen LogP contribution in [0.15, 0.2) is 18.2 Å². The summed E-state index contributed by atoms with van der Waals surface area (Å²) in [6.45, 7) is 2.48. The zero-order chi connectivity index (χ0) is 15.2. The van der Waals surface area contributed by atoms with E-state index < -0.39 is 11.7 Å². The minimum atomic E-state index is -0.673. The molecule has 1 aliphatic heterocycles. The normalized spacial score (nSPS) is 21.6. The first-order chi connectivity index (χ1) is 9.89. The molecule has 1 aliphatic carbocycles. The number of rotatable bonds is 4. The fourth-order valence-electron chi connectivity index (χ4n) is 2.72. The summed E-state index contributed by atoms with van der Waals surface area (Å²) in [7, 11) is 0. The lowest BCUT2D eigenvalue weighted by Gasteiger charge is -2.47. The van der Waals surface area contributed by atoms with Crippen LogP contribution in [0.5, 0.6) is 5.75 Å². The Labute approximate surface area is 133 Å². The number of nitrogens with zero attached hydrogens (tertiary/aromatic N) is 1. The van der Waals surface area contributed by atoms with Crippen molar-refractivity contribution >= 4 is 29.1 Å². The summed E-state index contributed by atoms with van der Waals surface area (Å²) >= 11 is 11.8. The lowest BCUT2D eigenvalue weighted by molar-refractivity contribution is -0.165. The van der Waals surface area contributed by atoms with Crippen molar-refractivity contribution in [3.63, 3.8) is 0 Å². The Balaban J connectivity index is 1.58. The van der Waals surface area contributed by atoms with Gasteiger partial charge in [-0.05, 0) is 43.9 Å². The van der Waals surface area contributed by atoms with Crippen molar-refractivity contribution in [1.82, 2.24) is 4.90 Å².